The van der Waals surface area contributed by atoms with E-state index in [1.165, 1.54) is 0 Å². The van der Waals surface area contributed by atoms with Crippen LogP contribution in [0.3, 0.4) is 0 Å². The van der Waals surface area contributed by atoms with Gasteiger partial charge in [0.25, 0.3) is 0 Å². The van der Waals surface area contributed by atoms with E-state index in [4.69, 9.17) is 5.10 Å². The van der Waals surface area contributed by atoms with E-state index in [2.05, 4.69) is 19.2 Å². The minimum absolute atomic E-state index is 0.0243. The van der Waals surface area contributed by atoms with E-state index in [1.807, 2.05) is 76.6 Å². The third-order valence-electron chi connectivity index (χ3n) is 6.47. The van der Waals surface area contributed by atoms with Crippen molar-refractivity contribution in [1.29, 1.82) is 0 Å². The number of carbonyl (C=O) groups is 2. The molecule has 1 aliphatic rings. The maximum atomic E-state index is 12.9. The number of hydrogen-bond donors (Lipinski definition) is 1. The van der Waals surface area contributed by atoms with E-state index in [9.17, 15) is 9.59 Å². The predicted octanol–water partition coefficient (Wildman–Crippen LogP) is 5.01. The second-order valence-corrected chi connectivity index (χ2v) is 10.1. The Morgan fingerprint density at radius 2 is 1.82 bits per heavy atom. The fourth-order valence-electron chi connectivity index (χ4n) is 3.96. The minimum Gasteiger partial charge on any atom is -0.353 e. The first-order chi connectivity index (χ1) is 16.4. The van der Waals surface area contributed by atoms with Gasteiger partial charge in [0.1, 0.15) is 5.69 Å². The summed E-state index contributed by atoms with van der Waals surface area (Å²) in [5, 5.41) is 9.92. The highest BCUT2D eigenvalue weighted by Gasteiger charge is 2.27. The molecule has 7 heteroatoms. The van der Waals surface area contributed by atoms with Gasteiger partial charge in [-0.1, -0.05) is 38.1 Å². The average molecular weight is 477 g/mol. The summed E-state index contributed by atoms with van der Waals surface area (Å²) in [6, 6.07) is 14.1. The maximum absolute atomic E-state index is 12.9. The van der Waals surface area contributed by atoms with Gasteiger partial charge in [0, 0.05) is 42.9 Å². The summed E-state index contributed by atoms with van der Waals surface area (Å²) in [4.78, 5) is 28.3. The number of carbonyl (C=O) groups excluding carboxylic acids is 2. The van der Waals surface area contributed by atoms with Crippen LogP contribution in [0, 0.1) is 11.8 Å². The number of nitrogens with zero attached hydrogens (tertiary/aromatic N) is 3. The van der Waals surface area contributed by atoms with Gasteiger partial charge in [-0.15, -0.1) is 11.3 Å². The van der Waals surface area contributed by atoms with E-state index >= 15 is 0 Å². The van der Waals surface area contributed by atoms with Crippen molar-refractivity contribution in [3.63, 3.8) is 0 Å². The zero-order valence-corrected chi connectivity index (χ0v) is 20.8. The Bertz CT molecular complexity index is 1130. The zero-order chi connectivity index (χ0) is 24.1. The van der Waals surface area contributed by atoms with E-state index in [-0.39, 0.29) is 23.8 Å². The first-order valence-electron chi connectivity index (χ1n) is 11.9. The van der Waals surface area contributed by atoms with Gasteiger partial charge in [0.2, 0.25) is 11.8 Å². The molecule has 34 heavy (non-hydrogen) atoms. The Hall–Kier alpha value is -3.19. The molecule has 1 fully saturated rings. The fourth-order valence-corrected chi connectivity index (χ4v) is 4.70. The molecule has 1 aromatic carbocycles. The second-order valence-electron chi connectivity index (χ2n) is 9.16. The highest BCUT2D eigenvalue weighted by molar-refractivity contribution is 7.13. The van der Waals surface area contributed by atoms with E-state index < -0.39 is 0 Å². The van der Waals surface area contributed by atoms with Gasteiger partial charge < -0.3 is 10.2 Å². The second kappa shape index (κ2) is 10.8. The molecule has 4 rings (SSSR count). The predicted molar refractivity (Wildman–Crippen MR) is 138 cm³/mol. The molecule has 178 valence electrons. The molecular formula is C27H32N4O2S. The molecule has 1 unspecified atom stereocenters. The lowest BCUT2D eigenvalue weighted by Crippen LogP contribution is -2.45. The van der Waals surface area contributed by atoms with Gasteiger partial charge in [-0.25, -0.2) is 4.68 Å². The number of aromatic nitrogens is 2. The van der Waals surface area contributed by atoms with Crippen molar-refractivity contribution < 1.29 is 9.59 Å². The Morgan fingerprint density at radius 3 is 2.47 bits per heavy atom. The van der Waals surface area contributed by atoms with E-state index in [1.54, 1.807) is 17.4 Å². The molecule has 3 aromatic rings. The summed E-state index contributed by atoms with van der Waals surface area (Å²) in [6.07, 6.45) is 6.84. The molecule has 1 atom stereocenters. The molecule has 0 spiro atoms. The number of likely N-dealkylation sites (tertiary alicyclic amines) is 1. The van der Waals surface area contributed by atoms with Gasteiger partial charge >= 0.3 is 0 Å². The Kier molecular flexibility index (Phi) is 7.63. The zero-order valence-electron chi connectivity index (χ0n) is 20.0. The highest BCUT2D eigenvalue weighted by Crippen LogP contribution is 2.29. The quantitative estimate of drug-likeness (QED) is 0.487. The monoisotopic (exact) mass is 476 g/mol. The number of amides is 2. The summed E-state index contributed by atoms with van der Waals surface area (Å²) in [7, 11) is 0. The molecule has 3 heterocycles. The van der Waals surface area contributed by atoms with Crippen molar-refractivity contribution >= 4 is 29.2 Å². The van der Waals surface area contributed by atoms with E-state index in [0.29, 0.717) is 31.8 Å². The molecule has 0 saturated carbocycles. The van der Waals surface area contributed by atoms with Gasteiger partial charge in [-0.05, 0) is 55.3 Å². The van der Waals surface area contributed by atoms with Gasteiger partial charge in [0.15, 0.2) is 0 Å². The van der Waals surface area contributed by atoms with Crippen LogP contribution < -0.4 is 5.32 Å². The number of thiophene rings is 1. The molecule has 0 radical (unpaired) electrons. The molecule has 0 bridgehead atoms. The van der Waals surface area contributed by atoms with Crippen LogP contribution in [0.5, 0.6) is 0 Å². The molecule has 2 aromatic heterocycles. The van der Waals surface area contributed by atoms with Crippen LogP contribution in [0.4, 0.5) is 0 Å². The third-order valence-corrected chi connectivity index (χ3v) is 7.35. The summed E-state index contributed by atoms with van der Waals surface area (Å²) in [5.74, 6) is 0.460. The van der Waals surface area contributed by atoms with Crippen LogP contribution in [-0.4, -0.2) is 45.6 Å². The lowest BCUT2D eigenvalue weighted by Gasteiger charge is -2.31. The summed E-state index contributed by atoms with van der Waals surface area (Å²) in [5.41, 5.74) is 2.73. The Labute approximate surface area is 205 Å². The molecular weight excluding hydrogens is 444 g/mol. The SMILES string of the molecule is CC(C)C(C)NC(=O)C1CCN(C(=O)/C=C/c2cn(-c3ccccc3)nc2-c2cccs2)CC1. The average Bonchev–Trinajstić information content (AvgIpc) is 3.53. The van der Waals surface area contributed by atoms with Crippen molar-refractivity contribution in [3.8, 4) is 16.3 Å². The molecule has 0 aliphatic carbocycles. The van der Waals surface area contributed by atoms with E-state index in [0.717, 1.165) is 21.8 Å². The van der Waals surface area contributed by atoms with Crippen molar-refractivity contribution in [2.75, 3.05) is 13.1 Å². The number of nitrogens with one attached hydrogen (secondary N) is 1. The van der Waals surface area contributed by atoms with Crippen LogP contribution >= 0.6 is 11.3 Å². The molecule has 2 amide bonds. The topological polar surface area (TPSA) is 67.2 Å². The number of hydrogen-bond acceptors (Lipinski definition) is 4. The third kappa shape index (κ3) is 5.65. The fraction of sp³-hybridized carbons (Fsp3) is 0.370. The standard InChI is InChI=1S/C27H32N4O2S/c1-19(2)20(3)28-27(33)21-13-15-30(16-14-21)25(32)12-11-22-18-31(23-8-5-4-6-9-23)29-26(22)24-10-7-17-34-24/h4-12,17-21H,13-16H2,1-3H3,(H,28,33)/b12-11+. The Morgan fingerprint density at radius 1 is 1.09 bits per heavy atom. The van der Waals surface area contributed by atoms with Gasteiger partial charge in [-0.2, -0.15) is 5.10 Å². The summed E-state index contributed by atoms with van der Waals surface area (Å²) in [6.45, 7) is 7.44. The van der Waals surface area contributed by atoms with Gasteiger partial charge in [0.05, 0.1) is 10.6 Å². The van der Waals surface area contributed by atoms with Crippen molar-refractivity contribution in [1.82, 2.24) is 20.0 Å². The van der Waals surface area contributed by atoms with Gasteiger partial charge in [-0.3, -0.25) is 9.59 Å². The Balaban J connectivity index is 1.42. The largest absolute Gasteiger partial charge is 0.353 e. The minimum atomic E-state index is -0.0287. The summed E-state index contributed by atoms with van der Waals surface area (Å²) >= 11 is 1.63. The highest BCUT2D eigenvalue weighted by atomic mass is 32.1. The van der Waals surface area contributed by atoms with Crippen LogP contribution in [-0.2, 0) is 9.59 Å². The summed E-state index contributed by atoms with van der Waals surface area (Å²) < 4.78 is 1.85. The molecule has 6 nitrogen and oxygen atoms in total. The van der Waals surface area contributed by atoms with Crippen LogP contribution in [0.25, 0.3) is 22.3 Å². The molecule has 1 saturated heterocycles. The molecule has 1 aliphatic heterocycles. The van der Waals surface area contributed by atoms with Crippen LogP contribution in [0.1, 0.15) is 39.2 Å². The smallest absolute Gasteiger partial charge is 0.246 e. The number of para-hydroxylation sites is 1. The van der Waals surface area contributed by atoms with Crippen molar-refractivity contribution in [3.05, 3.63) is 65.7 Å². The van der Waals surface area contributed by atoms with Crippen molar-refractivity contribution in [2.24, 2.45) is 11.8 Å². The first kappa shape index (κ1) is 24.0. The number of benzene rings is 1. The lowest BCUT2D eigenvalue weighted by atomic mass is 9.94. The normalized spacial score (nSPS) is 15.7. The maximum Gasteiger partial charge on any atom is 0.246 e. The van der Waals surface area contributed by atoms with Crippen LogP contribution in [0.15, 0.2) is 60.1 Å². The lowest BCUT2D eigenvalue weighted by molar-refractivity contribution is -0.132. The number of rotatable bonds is 7. The number of piperidine rings is 1. The van der Waals surface area contributed by atoms with Crippen LogP contribution in [0.2, 0.25) is 0 Å². The first-order valence-corrected chi connectivity index (χ1v) is 12.8. The van der Waals surface area contributed by atoms with Crippen molar-refractivity contribution in [2.45, 2.75) is 39.7 Å². The molecule has 1 N–H and O–H groups in total.